The summed E-state index contributed by atoms with van der Waals surface area (Å²) in [4.78, 5) is 25.2. The number of imide groups is 1. The van der Waals surface area contributed by atoms with Gasteiger partial charge in [0.15, 0.2) is 0 Å². The van der Waals surface area contributed by atoms with Crippen molar-refractivity contribution in [1.29, 1.82) is 0 Å². The summed E-state index contributed by atoms with van der Waals surface area (Å²) in [5.41, 5.74) is 8.31. The van der Waals surface area contributed by atoms with Gasteiger partial charge >= 0.3 is 6.03 Å². The lowest BCUT2D eigenvalue weighted by atomic mass is 9.95. The minimum absolute atomic E-state index is 0.209. The van der Waals surface area contributed by atoms with Crippen LogP contribution in [0.1, 0.15) is 59.8 Å². The van der Waals surface area contributed by atoms with Crippen molar-refractivity contribution in [3.63, 3.8) is 0 Å². The summed E-state index contributed by atoms with van der Waals surface area (Å²) in [7, 11) is 0. The van der Waals surface area contributed by atoms with Gasteiger partial charge in [0.25, 0.3) is 0 Å². The number of primary amides is 1. The van der Waals surface area contributed by atoms with Crippen LogP contribution in [0.2, 0.25) is 0 Å². The number of hydrogen-bond acceptors (Lipinski definition) is 4. The van der Waals surface area contributed by atoms with Gasteiger partial charge < -0.3 is 5.73 Å². The second-order valence-corrected chi connectivity index (χ2v) is 8.27. The molecule has 0 radical (unpaired) electrons. The molecule has 30 heavy (non-hydrogen) atoms. The van der Waals surface area contributed by atoms with Gasteiger partial charge in [-0.2, -0.15) is 0 Å². The van der Waals surface area contributed by atoms with Crippen molar-refractivity contribution in [2.45, 2.75) is 38.3 Å². The van der Waals surface area contributed by atoms with E-state index >= 15 is 0 Å². The number of carbonyl (C=O) groups excluding carboxylic acids is 2. The predicted octanol–water partition coefficient (Wildman–Crippen LogP) is 4.88. The van der Waals surface area contributed by atoms with Gasteiger partial charge in [0.2, 0.25) is 5.91 Å². The van der Waals surface area contributed by atoms with Gasteiger partial charge in [-0.25, -0.2) is 4.79 Å². The largest absolute Gasteiger partial charge is 0.351 e. The lowest BCUT2D eigenvalue weighted by molar-refractivity contribution is -0.122. The first-order valence-electron chi connectivity index (χ1n) is 10.0. The number of hydrogen-bond donors (Lipinski definition) is 3. The Bertz CT molecular complexity index is 956. The Morgan fingerprint density at radius 2 is 1.60 bits per heavy atom. The van der Waals surface area contributed by atoms with E-state index in [1.807, 2.05) is 47.8 Å². The molecule has 4 N–H and O–H groups in total. The van der Waals surface area contributed by atoms with Crippen LogP contribution in [-0.2, 0) is 4.79 Å². The van der Waals surface area contributed by atoms with Crippen LogP contribution in [-0.4, -0.2) is 11.9 Å². The minimum atomic E-state index is -0.867. The molecule has 0 saturated carbocycles. The van der Waals surface area contributed by atoms with Crippen LogP contribution in [0.3, 0.4) is 0 Å². The zero-order chi connectivity index (χ0) is 21.5. The number of nitrogens with one attached hydrogen (secondary N) is 2. The molecule has 0 unspecified atom stereocenters. The van der Waals surface area contributed by atoms with Gasteiger partial charge in [-0.05, 0) is 40.5 Å². The monoisotopic (exact) mass is 421 g/mol. The van der Waals surface area contributed by atoms with Crippen molar-refractivity contribution in [2.75, 3.05) is 0 Å². The van der Waals surface area contributed by atoms with Crippen molar-refractivity contribution in [2.24, 2.45) is 5.73 Å². The minimum Gasteiger partial charge on any atom is -0.351 e. The van der Waals surface area contributed by atoms with Crippen LogP contribution in [0, 0.1) is 0 Å². The fraction of sp³-hybridized carbons (Fsp3) is 0.250. The zero-order valence-electron chi connectivity index (χ0n) is 17.2. The first kappa shape index (κ1) is 21.7. The van der Waals surface area contributed by atoms with Gasteiger partial charge in [-0.15, -0.1) is 11.3 Å². The summed E-state index contributed by atoms with van der Waals surface area (Å²) in [6.07, 6.45) is 1.08. The Labute approximate surface area is 181 Å². The highest BCUT2D eigenvalue weighted by molar-refractivity contribution is 7.10. The second kappa shape index (κ2) is 10.2. The van der Waals surface area contributed by atoms with Crippen LogP contribution in [0.25, 0.3) is 0 Å². The molecule has 3 amide bonds. The molecule has 3 atom stereocenters. The molecule has 1 heterocycles. The fourth-order valence-corrected chi connectivity index (χ4v) is 4.19. The number of benzene rings is 2. The first-order chi connectivity index (χ1) is 14.5. The molecule has 2 aromatic carbocycles. The third-order valence-electron chi connectivity index (χ3n) is 5.25. The third-order valence-corrected chi connectivity index (χ3v) is 6.19. The van der Waals surface area contributed by atoms with E-state index in [2.05, 4.69) is 48.7 Å². The van der Waals surface area contributed by atoms with Crippen LogP contribution < -0.4 is 16.4 Å². The number of amides is 3. The van der Waals surface area contributed by atoms with E-state index in [9.17, 15) is 9.59 Å². The maximum Gasteiger partial charge on any atom is 0.318 e. The highest BCUT2D eigenvalue weighted by Crippen LogP contribution is 2.30. The standard InChI is InChI=1S/C24H27N3O2S/c1-3-16(2)17-11-13-19(14-12-17)21(20-10-7-15-30-20)26-22(23(28)27-24(25)29)18-8-5-4-6-9-18/h4-16,21-22,26H,3H2,1-2H3,(H3,25,27,28,29)/t16-,21+,22+/m1/s1. The van der Waals surface area contributed by atoms with Crippen LogP contribution in [0.4, 0.5) is 4.79 Å². The van der Waals surface area contributed by atoms with Crippen molar-refractivity contribution in [3.8, 4) is 0 Å². The van der Waals surface area contributed by atoms with E-state index in [0.29, 0.717) is 5.92 Å². The summed E-state index contributed by atoms with van der Waals surface area (Å²) in [6, 6.07) is 20.0. The maximum absolute atomic E-state index is 12.8. The second-order valence-electron chi connectivity index (χ2n) is 7.29. The molecule has 0 saturated heterocycles. The molecular formula is C24H27N3O2S. The van der Waals surface area contributed by atoms with E-state index in [1.165, 1.54) is 5.56 Å². The molecule has 156 valence electrons. The Morgan fingerprint density at radius 3 is 2.17 bits per heavy atom. The Morgan fingerprint density at radius 1 is 0.933 bits per heavy atom. The van der Waals surface area contributed by atoms with Crippen molar-refractivity contribution >= 4 is 23.3 Å². The van der Waals surface area contributed by atoms with Gasteiger partial charge in [0.05, 0.1) is 6.04 Å². The topological polar surface area (TPSA) is 84.2 Å². The molecular weight excluding hydrogens is 394 g/mol. The average molecular weight is 422 g/mol. The Hall–Kier alpha value is -2.96. The van der Waals surface area contributed by atoms with E-state index < -0.39 is 18.0 Å². The van der Waals surface area contributed by atoms with E-state index in [0.717, 1.165) is 22.4 Å². The van der Waals surface area contributed by atoms with E-state index in [-0.39, 0.29) is 6.04 Å². The van der Waals surface area contributed by atoms with Crippen LogP contribution >= 0.6 is 11.3 Å². The molecule has 0 fully saturated rings. The molecule has 1 aromatic heterocycles. The molecule has 0 bridgehead atoms. The number of urea groups is 1. The number of thiophene rings is 1. The van der Waals surface area contributed by atoms with Crippen LogP contribution in [0.5, 0.6) is 0 Å². The Kier molecular flexibility index (Phi) is 7.38. The van der Waals surface area contributed by atoms with Crippen molar-refractivity contribution in [1.82, 2.24) is 10.6 Å². The summed E-state index contributed by atoms with van der Waals surface area (Å²) in [5.74, 6) is 0.0112. The summed E-state index contributed by atoms with van der Waals surface area (Å²) >= 11 is 1.62. The number of carbonyl (C=O) groups is 2. The molecule has 5 nitrogen and oxygen atoms in total. The first-order valence-corrected chi connectivity index (χ1v) is 10.9. The van der Waals surface area contributed by atoms with Gasteiger partial charge in [-0.1, -0.05) is 74.5 Å². The quantitative estimate of drug-likeness (QED) is 0.485. The van der Waals surface area contributed by atoms with Gasteiger partial charge in [0, 0.05) is 4.88 Å². The molecule has 0 aliphatic rings. The highest BCUT2D eigenvalue weighted by atomic mass is 32.1. The van der Waals surface area contributed by atoms with Crippen LogP contribution in [0.15, 0.2) is 72.1 Å². The molecule has 6 heteroatoms. The Balaban J connectivity index is 1.96. The summed E-state index contributed by atoms with van der Waals surface area (Å²) < 4.78 is 0. The highest BCUT2D eigenvalue weighted by Gasteiger charge is 2.27. The normalized spacial score (nSPS) is 13.9. The number of rotatable bonds is 8. The lowest BCUT2D eigenvalue weighted by Crippen LogP contribution is -2.44. The summed E-state index contributed by atoms with van der Waals surface area (Å²) in [5, 5.41) is 7.68. The predicted molar refractivity (Wildman–Crippen MR) is 121 cm³/mol. The van der Waals surface area contributed by atoms with Gasteiger partial charge in [0.1, 0.15) is 6.04 Å². The zero-order valence-corrected chi connectivity index (χ0v) is 18.0. The average Bonchev–Trinajstić information content (AvgIpc) is 3.28. The fourth-order valence-electron chi connectivity index (χ4n) is 3.38. The van der Waals surface area contributed by atoms with Crippen molar-refractivity contribution in [3.05, 3.63) is 93.7 Å². The third kappa shape index (κ3) is 5.34. The van der Waals surface area contributed by atoms with E-state index in [4.69, 9.17) is 5.73 Å². The van der Waals surface area contributed by atoms with Gasteiger partial charge in [-0.3, -0.25) is 15.4 Å². The molecule has 0 aliphatic heterocycles. The number of nitrogens with two attached hydrogens (primary N) is 1. The molecule has 0 aliphatic carbocycles. The smallest absolute Gasteiger partial charge is 0.318 e. The van der Waals surface area contributed by atoms with E-state index in [1.54, 1.807) is 11.3 Å². The maximum atomic E-state index is 12.8. The SMILES string of the molecule is CC[C@@H](C)c1ccc([C@H](N[C@H](C(=O)NC(N)=O)c2ccccc2)c2cccs2)cc1. The summed E-state index contributed by atoms with van der Waals surface area (Å²) in [6.45, 7) is 4.39. The molecule has 3 rings (SSSR count). The van der Waals surface area contributed by atoms with Crippen molar-refractivity contribution < 1.29 is 9.59 Å². The lowest BCUT2D eigenvalue weighted by Gasteiger charge is -2.25. The molecule has 3 aromatic rings. The molecule has 0 spiro atoms.